The lowest BCUT2D eigenvalue weighted by atomic mass is 10.3. The van der Waals surface area contributed by atoms with Gasteiger partial charge in [0.1, 0.15) is 11.5 Å². The molecule has 0 atom stereocenters. The van der Waals surface area contributed by atoms with E-state index in [1.54, 1.807) is 35.6 Å². The van der Waals surface area contributed by atoms with Crippen LogP contribution in [0.15, 0.2) is 72.3 Å². The van der Waals surface area contributed by atoms with E-state index in [1.807, 2.05) is 37.3 Å². The van der Waals surface area contributed by atoms with Gasteiger partial charge in [0, 0.05) is 6.08 Å². The Labute approximate surface area is 217 Å². The molecule has 5 rings (SSSR count). The SMILES string of the molecule is CCOc1ccc2nc(Sc3ccc(/C=C4\SC(=Nc5ccc(Cl)c(Cl)c5)NC4=O)o3)sc2c1. The Morgan fingerprint density at radius 2 is 2.06 bits per heavy atom. The van der Waals surface area contributed by atoms with Crippen molar-refractivity contribution >= 4 is 91.1 Å². The number of aromatic nitrogens is 1. The third kappa shape index (κ3) is 5.29. The third-order valence-corrected chi connectivity index (χ3v) is 8.15. The molecule has 0 spiro atoms. The Morgan fingerprint density at radius 3 is 2.88 bits per heavy atom. The number of amides is 1. The second-order valence-corrected chi connectivity index (χ2v) is 11.0. The zero-order valence-corrected chi connectivity index (χ0v) is 21.5. The van der Waals surface area contributed by atoms with Crippen LogP contribution in [0.4, 0.5) is 5.69 Å². The zero-order chi connectivity index (χ0) is 23.7. The second kappa shape index (κ2) is 10.1. The Balaban J connectivity index is 1.29. The van der Waals surface area contributed by atoms with Crippen molar-refractivity contribution in [2.75, 3.05) is 6.61 Å². The smallest absolute Gasteiger partial charge is 0.264 e. The van der Waals surface area contributed by atoms with Crippen LogP contribution in [0, 0.1) is 0 Å². The minimum absolute atomic E-state index is 0.245. The van der Waals surface area contributed by atoms with E-state index in [1.165, 1.54) is 23.5 Å². The summed E-state index contributed by atoms with van der Waals surface area (Å²) in [7, 11) is 0. The lowest BCUT2D eigenvalue weighted by molar-refractivity contribution is -0.115. The molecule has 1 amide bonds. The van der Waals surface area contributed by atoms with Crippen molar-refractivity contribution in [3.05, 3.63) is 69.2 Å². The summed E-state index contributed by atoms with van der Waals surface area (Å²) in [6, 6.07) is 14.6. The summed E-state index contributed by atoms with van der Waals surface area (Å²) < 4.78 is 13.4. The number of ether oxygens (including phenoxy) is 1. The van der Waals surface area contributed by atoms with Crippen molar-refractivity contribution in [2.45, 2.75) is 16.4 Å². The number of nitrogens with zero attached hydrogens (tertiary/aromatic N) is 2. The van der Waals surface area contributed by atoms with Gasteiger partial charge in [-0.3, -0.25) is 4.79 Å². The number of carbonyl (C=O) groups excluding carboxylic acids is 1. The molecule has 1 aliphatic heterocycles. The molecule has 2 aromatic carbocycles. The van der Waals surface area contributed by atoms with Gasteiger partial charge in [0.2, 0.25) is 0 Å². The van der Waals surface area contributed by atoms with Crippen molar-refractivity contribution in [2.24, 2.45) is 4.99 Å². The number of hydrogen-bond donors (Lipinski definition) is 1. The Hall–Kier alpha value is -2.43. The van der Waals surface area contributed by atoms with E-state index in [0.29, 0.717) is 43.3 Å². The van der Waals surface area contributed by atoms with Gasteiger partial charge >= 0.3 is 0 Å². The number of halogens is 2. The lowest BCUT2D eigenvalue weighted by Gasteiger charge is -2.00. The summed E-state index contributed by atoms with van der Waals surface area (Å²) in [6.07, 6.45) is 1.69. The van der Waals surface area contributed by atoms with Crippen LogP contribution in [0.2, 0.25) is 10.0 Å². The van der Waals surface area contributed by atoms with Crippen LogP contribution in [-0.4, -0.2) is 22.7 Å². The Bertz CT molecular complexity index is 1460. The molecule has 2 aromatic heterocycles. The number of hydrogen-bond acceptors (Lipinski definition) is 8. The Kier molecular flexibility index (Phi) is 6.89. The normalized spacial score (nSPS) is 16.0. The molecule has 0 bridgehead atoms. The molecule has 1 saturated heterocycles. The molecule has 0 saturated carbocycles. The van der Waals surface area contributed by atoms with E-state index in [2.05, 4.69) is 15.3 Å². The van der Waals surface area contributed by atoms with Crippen molar-refractivity contribution in [1.82, 2.24) is 10.3 Å². The van der Waals surface area contributed by atoms with E-state index in [-0.39, 0.29) is 5.91 Å². The third-order valence-electron chi connectivity index (χ3n) is 4.50. The van der Waals surface area contributed by atoms with E-state index in [0.717, 1.165) is 20.3 Å². The quantitative estimate of drug-likeness (QED) is 0.250. The number of thiazole rings is 1. The predicted molar refractivity (Wildman–Crippen MR) is 141 cm³/mol. The van der Waals surface area contributed by atoms with Crippen LogP contribution in [0.5, 0.6) is 5.75 Å². The molecule has 172 valence electrons. The van der Waals surface area contributed by atoms with Gasteiger partial charge < -0.3 is 14.5 Å². The predicted octanol–water partition coefficient (Wildman–Crippen LogP) is 7.64. The van der Waals surface area contributed by atoms with Crippen LogP contribution in [-0.2, 0) is 4.79 Å². The minimum atomic E-state index is -0.245. The van der Waals surface area contributed by atoms with Crippen LogP contribution in [0.1, 0.15) is 12.7 Å². The van der Waals surface area contributed by atoms with Gasteiger partial charge in [-0.25, -0.2) is 9.98 Å². The first-order chi connectivity index (χ1) is 16.5. The van der Waals surface area contributed by atoms with Gasteiger partial charge in [0.15, 0.2) is 14.6 Å². The molecule has 1 aliphatic rings. The molecular formula is C23H15Cl2N3O3S3. The van der Waals surface area contributed by atoms with Crippen molar-refractivity contribution in [1.29, 1.82) is 0 Å². The first-order valence-electron chi connectivity index (χ1n) is 10.0. The summed E-state index contributed by atoms with van der Waals surface area (Å²) in [5.74, 6) is 1.15. The van der Waals surface area contributed by atoms with Crippen LogP contribution in [0.25, 0.3) is 16.3 Å². The highest BCUT2D eigenvalue weighted by Crippen LogP contribution is 2.37. The fourth-order valence-electron chi connectivity index (χ4n) is 3.02. The average molecular weight is 548 g/mol. The average Bonchev–Trinajstić information content (AvgIpc) is 3.50. The maximum atomic E-state index is 12.4. The minimum Gasteiger partial charge on any atom is -0.494 e. The highest BCUT2D eigenvalue weighted by Gasteiger charge is 2.24. The van der Waals surface area contributed by atoms with E-state index < -0.39 is 0 Å². The van der Waals surface area contributed by atoms with Crippen molar-refractivity contribution in [3.8, 4) is 5.75 Å². The molecule has 6 nitrogen and oxygen atoms in total. The molecule has 11 heteroatoms. The lowest BCUT2D eigenvalue weighted by Crippen LogP contribution is -2.19. The van der Waals surface area contributed by atoms with Gasteiger partial charge in [-0.05, 0) is 79.0 Å². The first-order valence-corrected chi connectivity index (χ1v) is 13.2. The number of benzene rings is 2. The highest BCUT2D eigenvalue weighted by molar-refractivity contribution is 8.18. The summed E-state index contributed by atoms with van der Waals surface area (Å²) >= 11 is 16.2. The monoisotopic (exact) mass is 547 g/mol. The number of fused-ring (bicyclic) bond motifs is 1. The van der Waals surface area contributed by atoms with Crippen molar-refractivity contribution < 1.29 is 13.9 Å². The van der Waals surface area contributed by atoms with Crippen LogP contribution < -0.4 is 10.1 Å². The number of aliphatic imine (C=N–C) groups is 1. The van der Waals surface area contributed by atoms with Crippen LogP contribution >= 0.6 is 58.1 Å². The van der Waals surface area contributed by atoms with Gasteiger partial charge in [0.05, 0.1) is 37.5 Å². The molecule has 3 heterocycles. The maximum Gasteiger partial charge on any atom is 0.264 e. The number of rotatable bonds is 6. The summed E-state index contributed by atoms with van der Waals surface area (Å²) in [4.78, 5) is 21.9. The number of furan rings is 1. The maximum absolute atomic E-state index is 12.4. The number of carbonyl (C=O) groups is 1. The van der Waals surface area contributed by atoms with Gasteiger partial charge in [-0.2, -0.15) is 0 Å². The van der Waals surface area contributed by atoms with Gasteiger partial charge in [0.25, 0.3) is 5.91 Å². The summed E-state index contributed by atoms with van der Waals surface area (Å²) in [6.45, 7) is 2.58. The molecular weight excluding hydrogens is 533 g/mol. The van der Waals surface area contributed by atoms with Gasteiger partial charge in [-0.1, -0.05) is 23.2 Å². The zero-order valence-electron chi connectivity index (χ0n) is 17.5. The first kappa shape index (κ1) is 23.3. The fourth-order valence-corrected chi connectivity index (χ4v) is 6.13. The van der Waals surface area contributed by atoms with E-state index in [4.69, 9.17) is 32.4 Å². The Morgan fingerprint density at radius 1 is 1.18 bits per heavy atom. The largest absolute Gasteiger partial charge is 0.494 e. The topological polar surface area (TPSA) is 76.7 Å². The molecule has 0 aliphatic carbocycles. The molecule has 0 unspecified atom stereocenters. The molecule has 1 N–H and O–H groups in total. The van der Waals surface area contributed by atoms with Crippen LogP contribution in [0.3, 0.4) is 0 Å². The van der Waals surface area contributed by atoms with Gasteiger partial charge in [-0.15, -0.1) is 11.3 Å². The molecule has 0 radical (unpaired) electrons. The second-order valence-electron chi connectivity index (χ2n) is 6.88. The number of nitrogens with one attached hydrogen (secondary N) is 1. The summed E-state index contributed by atoms with van der Waals surface area (Å²) in [5, 5.41) is 4.73. The number of amidine groups is 1. The summed E-state index contributed by atoms with van der Waals surface area (Å²) in [5.41, 5.74) is 1.51. The molecule has 4 aromatic rings. The van der Waals surface area contributed by atoms with Crippen molar-refractivity contribution in [3.63, 3.8) is 0 Å². The van der Waals surface area contributed by atoms with E-state index >= 15 is 0 Å². The highest BCUT2D eigenvalue weighted by atomic mass is 35.5. The number of thioether (sulfide) groups is 1. The fraction of sp³-hybridized carbons (Fsp3) is 0.0870. The van der Waals surface area contributed by atoms with E-state index in [9.17, 15) is 4.79 Å². The standard InChI is InChI=1S/C23H15Cl2N3O3S3/c1-2-30-13-4-7-17-18(10-13)33-23(27-17)34-20-8-5-14(31-20)11-19-21(29)28-22(32-19)26-12-3-6-15(24)16(25)9-12/h3-11H,2H2,1H3,(H,26,28,29)/b19-11-. The molecule has 34 heavy (non-hydrogen) atoms. The molecule has 1 fully saturated rings.